The summed E-state index contributed by atoms with van der Waals surface area (Å²) in [4.78, 5) is 10.7. The topological polar surface area (TPSA) is 93.8 Å². The van der Waals surface area contributed by atoms with E-state index in [1.54, 1.807) is 14.2 Å². The van der Waals surface area contributed by atoms with Crippen molar-refractivity contribution in [2.75, 3.05) is 20.8 Å². The third kappa shape index (κ3) is 4.71. The zero-order valence-electron chi connectivity index (χ0n) is 12.1. The summed E-state index contributed by atoms with van der Waals surface area (Å²) in [7, 11) is 3.18. The highest BCUT2D eigenvalue weighted by Crippen LogP contribution is 2.27. The molecule has 1 rings (SSSR count). The van der Waals surface area contributed by atoms with Crippen LogP contribution in [0, 0.1) is 0 Å². The van der Waals surface area contributed by atoms with Crippen LogP contribution in [0.25, 0.3) is 0 Å². The van der Waals surface area contributed by atoms with Gasteiger partial charge in [-0.3, -0.25) is 4.79 Å². The molecule has 2 unspecified atom stereocenters. The minimum atomic E-state index is -1.16. The molecule has 0 aliphatic rings. The summed E-state index contributed by atoms with van der Waals surface area (Å²) in [6, 6.07) is 5.78. The average Bonchev–Trinajstić information content (AvgIpc) is 2.44. The molecule has 0 spiro atoms. The van der Waals surface area contributed by atoms with Crippen molar-refractivity contribution in [2.24, 2.45) is 5.73 Å². The number of amides is 1. The van der Waals surface area contributed by atoms with Crippen LogP contribution in [0.1, 0.15) is 12.5 Å². The van der Waals surface area contributed by atoms with E-state index in [4.69, 9.17) is 15.2 Å². The molecule has 6 nitrogen and oxygen atoms in total. The number of primary amides is 1. The molecule has 112 valence electrons. The Morgan fingerprint density at radius 3 is 2.55 bits per heavy atom. The number of aliphatic hydroxyl groups is 1. The second kappa shape index (κ2) is 7.72. The number of carbonyl (C=O) groups is 1. The Morgan fingerprint density at radius 2 is 2.00 bits per heavy atom. The smallest absolute Gasteiger partial charge is 0.247 e. The number of ether oxygens (including phenoxy) is 2. The third-order valence-electron chi connectivity index (χ3n) is 2.98. The summed E-state index contributed by atoms with van der Waals surface area (Å²) in [5.41, 5.74) is 6.05. The van der Waals surface area contributed by atoms with Gasteiger partial charge in [-0.15, -0.1) is 0 Å². The highest BCUT2D eigenvalue weighted by atomic mass is 16.5. The summed E-state index contributed by atoms with van der Waals surface area (Å²) in [5, 5.41) is 12.4. The van der Waals surface area contributed by atoms with Crippen LogP contribution in [0.5, 0.6) is 11.5 Å². The van der Waals surface area contributed by atoms with E-state index in [9.17, 15) is 9.90 Å². The second-order valence-electron chi connectivity index (χ2n) is 4.62. The van der Waals surface area contributed by atoms with E-state index in [2.05, 4.69) is 5.32 Å². The van der Waals surface area contributed by atoms with Crippen LogP contribution >= 0.6 is 0 Å². The maximum atomic E-state index is 10.7. The molecular weight excluding hydrogens is 260 g/mol. The lowest BCUT2D eigenvalue weighted by Crippen LogP contribution is -2.41. The Bertz CT molecular complexity index is 451. The summed E-state index contributed by atoms with van der Waals surface area (Å²) in [6.45, 7) is 2.11. The number of benzene rings is 1. The fraction of sp³-hybridized carbons (Fsp3) is 0.500. The molecule has 2 atom stereocenters. The predicted octanol–water partition coefficient (Wildman–Crippen LogP) is 0.0706. The minimum Gasteiger partial charge on any atom is -0.493 e. The average molecular weight is 282 g/mol. The molecule has 0 fully saturated rings. The van der Waals surface area contributed by atoms with E-state index in [1.807, 2.05) is 25.1 Å². The van der Waals surface area contributed by atoms with Gasteiger partial charge in [0.05, 0.1) is 14.2 Å². The monoisotopic (exact) mass is 282 g/mol. The predicted molar refractivity (Wildman–Crippen MR) is 75.9 cm³/mol. The summed E-state index contributed by atoms with van der Waals surface area (Å²) >= 11 is 0. The van der Waals surface area contributed by atoms with Crippen LogP contribution in [0.2, 0.25) is 0 Å². The first-order valence-corrected chi connectivity index (χ1v) is 6.39. The van der Waals surface area contributed by atoms with Gasteiger partial charge in [0.1, 0.15) is 6.10 Å². The first-order valence-electron chi connectivity index (χ1n) is 6.39. The summed E-state index contributed by atoms with van der Waals surface area (Å²) in [6.07, 6.45) is -0.436. The molecule has 20 heavy (non-hydrogen) atoms. The van der Waals surface area contributed by atoms with Crippen LogP contribution in [0.3, 0.4) is 0 Å². The first kappa shape index (κ1) is 16.3. The summed E-state index contributed by atoms with van der Waals surface area (Å²) in [5.74, 6) is 0.631. The minimum absolute atomic E-state index is 0.0853. The maximum Gasteiger partial charge on any atom is 0.247 e. The molecule has 4 N–H and O–H groups in total. The standard InChI is InChI=1S/C14H22N2O4/c1-9(16-8-11(17)14(15)18)6-10-4-5-12(19-2)13(7-10)20-3/h4-5,7,9,11,16-17H,6,8H2,1-3H3,(H2,15,18). The molecule has 0 radical (unpaired) electrons. The molecule has 0 saturated carbocycles. The number of hydrogen-bond donors (Lipinski definition) is 3. The third-order valence-corrected chi connectivity index (χ3v) is 2.98. The lowest BCUT2D eigenvalue weighted by Gasteiger charge is -2.16. The van der Waals surface area contributed by atoms with Gasteiger partial charge in [-0.05, 0) is 31.0 Å². The maximum absolute atomic E-state index is 10.7. The van der Waals surface area contributed by atoms with Crippen LogP contribution < -0.4 is 20.5 Å². The molecule has 0 aliphatic carbocycles. The molecule has 1 aromatic rings. The van der Waals surface area contributed by atoms with Crippen molar-refractivity contribution in [3.63, 3.8) is 0 Å². The number of carbonyl (C=O) groups excluding carboxylic acids is 1. The molecule has 1 amide bonds. The quantitative estimate of drug-likeness (QED) is 0.627. The van der Waals surface area contributed by atoms with E-state index in [-0.39, 0.29) is 12.6 Å². The van der Waals surface area contributed by atoms with Crippen molar-refractivity contribution in [1.82, 2.24) is 5.32 Å². The number of nitrogens with one attached hydrogen (secondary N) is 1. The Hall–Kier alpha value is -1.79. The Morgan fingerprint density at radius 1 is 1.35 bits per heavy atom. The Kier molecular flexibility index (Phi) is 6.27. The number of aliphatic hydroxyl groups excluding tert-OH is 1. The van der Waals surface area contributed by atoms with Gasteiger partial charge >= 0.3 is 0 Å². The van der Waals surface area contributed by atoms with Crippen molar-refractivity contribution >= 4 is 5.91 Å². The van der Waals surface area contributed by atoms with E-state index in [0.717, 1.165) is 12.0 Å². The second-order valence-corrected chi connectivity index (χ2v) is 4.62. The Balaban J connectivity index is 2.57. The first-order chi connectivity index (χ1) is 9.47. The fourth-order valence-electron chi connectivity index (χ4n) is 1.85. The van der Waals surface area contributed by atoms with Gasteiger partial charge in [-0.2, -0.15) is 0 Å². The van der Waals surface area contributed by atoms with Crippen LogP contribution in [-0.2, 0) is 11.2 Å². The largest absolute Gasteiger partial charge is 0.493 e. The van der Waals surface area contributed by atoms with Gasteiger partial charge in [0.15, 0.2) is 11.5 Å². The van der Waals surface area contributed by atoms with Gasteiger partial charge in [-0.25, -0.2) is 0 Å². The van der Waals surface area contributed by atoms with Gasteiger partial charge < -0.3 is 25.6 Å². The van der Waals surface area contributed by atoms with Crippen molar-refractivity contribution in [3.05, 3.63) is 23.8 Å². The van der Waals surface area contributed by atoms with Gasteiger partial charge in [0.2, 0.25) is 5.91 Å². The molecule has 0 saturated heterocycles. The van der Waals surface area contributed by atoms with Gasteiger partial charge in [0, 0.05) is 12.6 Å². The van der Waals surface area contributed by atoms with Gasteiger partial charge in [0.25, 0.3) is 0 Å². The zero-order valence-corrected chi connectivity index (χ0v) is 12.1. The highest BCUT2D eigenvalue weighted by Gasteiger charge is 2.13. The van der Waals surface area contributed by atoms with Crippen LogP contribution in [-0.4, -0.2) is 43.9 Å². The van der Waals surface area contributed by atoms with Crippen molar-refractivity contribution in [3.8, 4) is 11.5 Å². The molecule has 1 aromatic carbocycles. The zero-order chi connectivity index (χ0) is 15.1. The molecule has 0 bridgehead atoms. The lowest BCUT2D eigenvalue weighted by atomic mass is 10.1. The van der Waals surface area contributed by atoms with E-state index < -0.39 is 12.0 Å². The van der Waals surface area contributed by atoms with Gasteiger partial charge in [-0.1, -0.05) is 6.07 Å². The molecule has 0 aliphatic heterocycles. The number of hydrogen-bond acceptors (Lipinski definition) is 5. The lowest BCUT2D eigenvalue weighted by molar-refractivity contribution is -0.125. The van der Waals surface area contributed by atoms with Crippen molar-refractivity contribution < 1.29 is 19.4 Å². The summed E-state index contributed by atoms with van der Waals surface area (Å²) < 4.78 is 10.4. The van der Waals surface area contributed by atoms with E-state index in [0.29, 0.717) is 11.5 Å². The van der Waals surface area contributed by atoms with Crippen LogP contribution in [0.4, 0.5) is 0 Å². The van der Waals surface area contributed by atoms with Crippen LogP contribution in [0.15, 0.2) is 18.2 Å². The van der Waals surface area contributed by atoms with Crippen molar-refractivity contribution in [1.29, 1.82) is 0 Å². The number of methoxy groups -OCH3 is 2. The molecular formula is C14H22N2O4. The normalized spacial score (nSPS) is 13.6. The van der Waals surface area contributed by atoms with Crippen molar-refractivity contribution in [2.45, 2.75) is 25.5 Å². The van der Waals surface area contributed by atoms with E-state index >= 15 is 0 Å². The fourth-order valence-corrected chi connectivity index (χ4v) is 1.85. The number of nitrogens with two attached hydrogens (primary N) is 1. The molecule has 0 aromatic heterocycles. The molecule has 0 heterocycles. The SMILES string of the molecule is COc1ccc(CC(C)NCC(O)C(N)=O)cc1OC. The van der Waals surface area contributed by atoms with E-state index in [1.165, 1.54) is 0 Å². The molecule has 6 heteroatoms. The number of rotatable bonds is 8. The highest BCUT2D eigenvalue weighted by molar-refractivity contribution is 5.78. The Labute approximate surface area is 118 Å².